The molecule has 1 aliphatic rings. The van der Waals surface area contributed by atoms with Crippen LogP contribution in [0.2, 0.25) is 0 Å². The van der Waals surface area contributed by atoms with Crippen molar-refractivity contribution >= 4 is 12.4 Å². The van der Waals surface area contributed by atoms with Crippen molar-refractivity contribution in [3.63, 3.8) is 0 Å². The summed E-state index contributed by atoms with van der Waals surface area (Å²) in [6.45, 7) is 6.31. The Balaban J connectivity index is 0.00000144. The molecule has 1 aliphatic heterocycles. The lowest BCUT2D eigenvalue weighted by atomic mass is 10.1. The van der Waals surface area contributed by atoms with Crippen molar-refractivity contribution in [3.05, 3.63) is 0 Å². The predicted octanol–water partition coefficient (Wildman–Crippen LogP) is 0.602. The molecule has 0 unspecified atom stereocenters. The van der Waals surface area contributed by atoms with E-state index in [4.69, 9.17) is 10.8 Å². The summed E-state index contributed by atoms with van der Waals surface area (Å²) in [6.07, 6.45) is 2.31. The standard InChI is InChI=1S/C9H20N2O.ClH/c1-9(2,10)7-11-5-3-4-8(11)6-12;/h8,12H,3-7,10H2,1-2H3;1H/t8-;/m1./s1. The Morgan fingerprint density at radius 3 is 2.62 bits per heavy atom. The minimum atomic E-state index is -0.141. The largest absolute Gasteiger partial charge is 0.395 e. The van der Waals surface area contributed by atoms with E-state index < -0.39 is 0 Å². The first kappa shape index (κ1) is 13.2. The zero-order valence-electron chi connectivity index (χ0n) is 8.49. The third kappa shape index (κ3) is 4.27. The van der Waals surface area contributed by atoms with Crippen molar-refractivity contribution in [2.75, 3.05) is 19.7 Å². The summed E-state index contributed by atoms with van der Waals surface area (Å²) in [6, 6.07) is 0.354. The van der Waals surface area contributed by atoms with Crippen molar-refractivity contribution in [3.8, 4) is 0 Å². The molecular formula is C9H21ClN2O. The minimum Gasteiger partial charge on any atom is -0.395 e. The van der Waals surface area contributed by atoms with E-state index in [-0.39, 0.29) is 24.6 Å². The summed E-state index contributed by atoms with van der Waals surface area (Å²) in [7, 11) is 0. The topological polar surface area (TPSA) is 49.5 Å². The first-order chi connectivity index (χ1) is 5.53. The Kier molecular flexibility index (Phi) is 5.22. The fourth-order valence-electron chi connectivity index (χ4n) is 1.83. The molecule has 0 amide bonds. The van der Waals surface area contributed by atoms with E-state index in [1.165, 1.54) is 6.42 Å². The molecule has 0 aromatic heterocycles. The summed E-state index contributed by atoms with van der Waals surface area (Å²) in [5, 5.41) is 9.05. The van der Waals surface area contributed by atoms with Crippen LogP contribution in [-0.2, 0) is 0 Å². The molecule has 0 aromatic rings. The van der Waals surface area contributed by atoms with Gasteiger partial charge in [-0.2, -0.15) is 0 Å². The van der Waals surface area contributed by atoms with Gasteiger partial charge >= 0.3 is 0 Å². The maximum absolute atomic E-state index is 9.05. The van der Waals surface area contributed by atoms with Crippen LogP contribution in [0.3, 0.4) is 0 Å². The number of likely N-dealkylation sites (tertiary alicyclic amines) is 1. The summed E-state index contributed by atoms with van der Waals surface area (Å²) in [5.74, 6) is 0. The SMILES string of the molecule is CC(C)(N)CN1CCC[C@@H]1CO.Cl. The van der Waals surface area contributed by atoms with E-state index in [0.717, 1.165) is 19.5 Å². The number of nitrogens with zero attached hydrogens (tertiary/aromatic N) is 1. The van der Waals surface area contributed by atoms with Gasteiger partial charge in [-0.05, 0) is 33.2 Å². The molecule has 3 N–H and O–H groups in total. The third-order valence-corrected chi connectivity index (χ3v) is 2.32. The van der Waals surface area contributed by atoms with Crippen molar-refractivity contribution < 1.29 is 5.11 Å². The fourth-order valence-corrected chi connectivity index (χ4v) is 1.83. The maximum atomic E-state index is 9.05. The third-order valence-electron chi connectivity index (χ3n) is 2.32. The molecule has 1 atom stereocenters. The molecule has 0 saturated carbocycles. The molecule has 0 spiro atoms. The number of hydrogen-bond donors (Lipinski definition) is 2. The molecule has 1 heterocycles. The van der Waals surface area contributed by atoms with Crippen LogP contribution in [0.15, 0.2) is 0 Å². The van der Waals surface area contributed by atoms with E-state index >= 15 is 0 Å². The van der Waals surface area contributed by atoms with E-state index in [0.29, 0.717) is 6.04 Å². The van der Waals surface area contributed by atoms with Crippen LogP contribution in [0.5, 0.6) is 0 Å². The molecule has 13 heavy (non-hydrogen) atoms. The zero-order valence-corrected chi connectivity index (χ0v) is 9.31. The van der Waals surface area contributed by atoms with Crippen LogP contribution in [0.4, 0.5) is 0 Å². The number of halogens is 1. The first-order valence-corrected chi connectivity index (χ1v) is 4.67. The molecule has 4 heteroatoms. The average Bonchev–Trinajstić information content (AvgIpc) is 2.31. The van der Waals surface area contributed by atoms with Crippen LogP contribution in [0.1, 0.15) is 26.7 Å². The van der Waals surface area contributed by atoms with Gasteiger partial charge in [-0.15, -0.1) is 12.4 Å². The van der Waals surface area contributed by atoms with Gasteiger partial charge < -0.3 is 10.8 Å². The van der Waals surface area contributed by atoms with Crippen molar-refractivity contribution in [2.24, 2.45) is 5.73 Å². The van der Waals surface area contributed by atoms with Crippen molar-refractivity contribution in [1.82, 2.24) is 4.90 Å². The highest BCUT2D eigenvalue weighted by atomic mass is 35.5. The number of hydrogen-bond acceptors (Lipinski definition) is 3. The van der Waals surface area contributed by atoms with Gasteiger partial charge in [0, 0.05) is 18.1 Å². The first-order valence-electron chi connectivity index (χ1n) is 4.67. The lowest BCUT2D eigenvalue weighted by Crippen LogP contribution is -2.47. The average molecular weight is 209 g/mol. The smallest absolute Gasteiger partial charge is 0.0586 e. The molecular weight excluding hydrogens is 188 g/mol. The van der Waals surface area contributed by atoms with Crippen LogP contribution in [-0.4, -0.2) is 41.3 Å². The number of aliphatic hydroxyl groups excluding tert-OH is 1. The molecule has 0 aromatic carbocycles. The van der Waals surface area contributed by atoms with Crippen molar-refractivity contribution in [1.29, 1.82) is 0 Å². The Bertz CT molecular complexity index is 147. The van der Waals surface area contributed by atoms with Crippen molar-refractivity contribution in [2.45, 2.75) is 38.3 Å². The Hall–Kier alpha value is 0.170. The van der Waals surface area contributed by atoms with Gasteiger partial charge in [-0.25, -0.2) is 0 Å². The van der Waals surface area contributed by atoms with Gasteiger partial charge in [-0.3, -0.25) is 4.90 Å². The fraction of sp³-hybridized carbons (Fsp3) is 1.00. The molecule has 0 bridgehead atoms. The van der Waals surface area contributed by atoms with Gasteiger partial charge in [0.25, 0.3) is 0 Å². The quantitative estimate of drug-likeness (QED) is 0.715. The summed E-state index contributed by atoms with van der Waals surface area (Å²) >= 11 is 0. The second kappa shape index (κ2) is 5.15. The van der Waals surface area contributed by atoms with Crippen LogP contribution in [0.25, 0.3) is 0 Å². The predicted molar refractivity (Wildman–Crippen MR) is 57.2 cm³/mol. The molecule has 1 rings (SSSR count). The summed E-state index contributed by atoms with van der Waals surface area (Å²) in [4.78, 5) is 2.29. The second-order valence-electron chi connectivity index (χ2n) is 4.44. The lowest BCUT2D eigenvalue weighted by Gasteiger charge is -2.30. The molecule has 1 fully saturated rings. The van der Waals surface area contributed by atoms with Gasteiger partial charge in [0.1, 0.15) is 0 Å². The normalized spacial score (nSPS) is 24.5. The summed E-state index contributed by atoms with van der Waals surface area (Å²) in [5.41, 5.74) is 5.77. The van der Waals surface area contributed by atoms with Gasteiger partial charge in [0.15, 0.2) is 0 Å². The van der Waals surface area contributed by atoms with Crippen LogP contribution >= 0.6 is 12.4 Å². The Morgan fingerprint density at radius 2 is 2.15 bits per heavy atom. The highest BCUT2D eigenvalue weighted by Gasteiger charge is 2.27. The van der Waals surface area contributed by atoms with Crippen LogP contribution in [0, 0.1) is 0 Å². The van der Waals surface area contributed by atoms with Gasteiger partial charge in [0.2, 0.25) is 0 Å². The van der Waals surface area contributed by atoms with Gasteiger partial charge in [0.05, 0.1) is 6.61 Å². The molecule has 0 radical (unpaired) electrons. The highest BCUT2D eigenvalue weighted by molar-refractivity contribution is 5.85. The maximum Gasteiger partial charge on any atom is 0.0586 e. The zero-order chi connectivity index (χ0) is 9.19. The molecule has 3 nitrogen and oxygen atoms in total. The monoisotopic (exact) mass is 208 g/mol. The Labute approximate surface area is 86.7 Å². The van der Waals surface area contributed by atoms with E-state index in [9.17, 15) is 0 Å². The van der Waals surface area contributed by atoms with E-state index in [1.54, 1.807) is 0 Å². The minimum absolute atomic E-state index is 0. The van der Waals surface area contributed by atoms with E-state index in [2.05, 4.69) is 4.90 Å². The molecule has 0 aliphatic carbocycles. The molecule has 1 saturated heterocycles. The van der Waals surface area contributed by atoms with E-state index in [1.807, 2.05) is 13.8 Å². The van der Waals surface area contributed by atoms with Gasteiger partial charge in [-0.1, -0.05) is 0 Å². The number of nitrogens with two attached hydrogens (primary N) is 1. The highest BCUT2D eigenvalue weighted by Crippen LogP contribution is 2.18. The lowest BCUT2D eigenvalue weighted by molar-refractivity contribution is 0.140. The second-order valence-corrected chi connectivity index (χ2v) is 4.44. The summed E-state index contributed by atoms with van der Waals surface area (Å²) < 4.78 is 0. The Morgan fingerprint density at radius 1 is 1.54 bits per heavy atom. The molecule has 80 valence electrons. The number of rotatable bonds is 3. The van der Waals surface area contributed by atoms with Crippen LogP contribution < -0.4 is 5.73 Å². The number of aliphatic hydroxyl groups is 1.